The van der Waals surface area contributed by atoms with Crippen LogP contribution >= 0.6 is 11.6 Å². The lowest BCUT2D eigenvalue weighted by molar-refractivity contribution is -0.0288. The predicted octanol–water partition coefficient (Wildman–Crippen LogP) is 3.57. The van der Waals surface area contributed by atoms with Crippen LogP contribution in [0.2, 0.25) is 5.02 Å². The van der Waals surface area contributed by atoms with Crippen molar-refractivity contribution >= 4 is 23.1 Å². The molecule has 2 bridgehead atoms. The van der Waals surface area contributed by atoms with E-state index >= 15 is 0 Å². The minimum absolute atomic E-state index is 0.117. The van der Waals surface area contributed by atoms with Crippen LogP contribution in [0.1, 0.15) is 21.5 Å². The maximum Gasteiger partial charge on any atom is 0.189 e. The Morgan fingerprint density at radius 2 is 1.81 bits per heavy atom. The molecule has 5 nitrogen and oxygen atoms in total. The molecule has 2 unspecified atom stereocenters. The molecule has 2 aliphatic rings. The smallest absolute Gasteiger partial charge is 0.189 e. The molecule has 164 valence electrons. The van der Waals surface area contributed by atoms with E-state index in [-0.39, 0.29) is 11.6 Å². The van der Waals surface area contributed by atoms with Gasteiger partial charge in [-0.15, -0.1) is 0 Å². The van der Waals surface area contributed by atoms with Gasteiger partial charge in [-0.25, -0.2) is 4.39 Å². The van der Waals surface area contributed by atoms with Crippen LogP contribution in [0.5, 0.6) is 0 Å². The third-order valence-electron chi connectivity index (χ3n) is 6.18. The minimum atomic E-state index is -0.209. The molecule has 2 aromatic rings. The second kappa shape index (κ2) is 8.99. The summed E-state index contributed by atoms with van der Waals surface area (Å²) in [7, 11) is 2.15. The molecule has 0 amide bonds. The Balaban J connectivity index is 1.45. The Kier molecular flexibility index (Phi) is 6.32. The van der Waals surface area contributed by atoms with E-state index in [1.165, 1.54) is 12.1 Å². The zero-order chi connectivity index (χ0) is 22.1. The summed E-state index contributed by atoms with van der Waals surface area (Å²) in [4.78, 5) is 19.8. The van der Waals surface area contributed by atoms with Crippen molar-refractivity contribution in [3.8, 4) is 0 Å². The summed E-state index contributed by atoms with van der Waals surface area (Å²) in [5, 5.41) is 0.562. The average Bonchev–Trinajstić information content (AvgIpc) is 2.71. The first-order chi connectivity index (χ1) is 14.8. The molecule has 2 aliphatic heterocycles. The van der Waals surface area contributed by atoms with Gasteiger partial charge < -0.3 is 15.5 Å². The SMILES string of the molecule is Cc1cc(C(=O)/C=C/N2CC3CN(C)CC(C2)N3Cc2ccc(F)cc2)c(N)cc1Cl. The first-order valence-electron chi connectivity index (χ1n) is 10.5. The van der Waals surface area contributed by atoms with Crippen molar-refractivity contribution in [2.45, 2.75) is 25.6 Å². The maximum absolute atomic E-state index is 13.3. The van der Waals surface area contributed by atoms with E-state index in [1.807, 2.05) is 25.3 Å². The molecule has 2 aromatic carbocycles. The molecule has 4 rings (SSSR count). The topological polar surface area (TPSA) is 52.8 Å². The van der Waals surface area contributed by atoms with Crippen LogP contribution < -0.4 is 5.73 Å². The Morgan fingerprint density at radius 3 is 2.45 bits per heavy atom. The van der Waals surface area contributed by atoms with Crippen molar-refractivity contribution in [1.82, 2.24) is 14.7 Å². The quantitative estimate of drug-likeness (QED) is 0.436. The summed E-state index contributed by atoms with van der Waals surface area (Å²) in [5.41, 5.74) is 8.83. The van der Waals surface area contributed by atoms with Crippen LogP contribution in [0.25, 0.3) is 0 Å². The fraction of sp³-hybridized carbons (Fsp3) is 0.375. The number of allylic oxidation sites excluding steroid dienone is 1. The van der Waals surface area contributed by atoms with Crippen LogP contribution in [-0.4, -0.2) is 65.8 Å². The Bertz CT molecular complexity index is 978. The highest BCUT2D eigenvalue weighted by Crippen LogP contribution is 2.26. The molecule has 2 heterocycles. The van der Waals surface area contributed by atoms with Crippen LogP contribution in [0.3, 0.4) is 0 Å². The largest absolute Gasteiger partial charge is 0.398 e. The number of halogens is 2. The number of aryl methyl sites for hydroxylation is 1. The molecule has 2 atom stereocenters. The molecule has 0 aromatic heterocycles. The summed E-state index contributed by atoms with van der Waals surface area (Å²) in [5.74, 6) is -0.326. The highest BCUT2D eigenvalue weighted by molar-refractivity contribution is 6.32. The number of benzene rings is 2. The number of nitrogens with two attached hydrogens (primary N) is 1. The van der Waals surface area contributed by atoms with Gasteiger partial charge in [0, 0.05) is 73.4 Å². The number of rotatable bonds is 5. The number of fused-ring (bicyclic) bond motifs is 2. The first kappa shape index (κ1) is 21.8. The van der Waals surface area contributed by atoms with Crippen LogP contribution in [0.15, 0.2) is 48.7 Å². The molecule has 31 heavy (non-hydrogen) atoms. The molecule has 0 radical (unpaired) electrons. The fourth-order valence-electron chi connectivity index (χ4n) is 4.60. The van der Waals surface area contributed by atoms with E-state index in [4.69, 9.17) is 17.3 Å². The van der Waals surface area contributed by atoms with Gasteiger partial charge in [0.1, 0.15) is 5.82 Å². The number of hydrogen-bond acceptors (Lipinski definition) is 5. The van der Waals surface area contributed by atoms with E-state index in [0.717, 1.165) is 43.9 Å². The molecule has 2 N–H and O–H groups in total. The number of ketones is 1. The van der Waals surface area contributed by atoms with Gasteiger partial charge in [0.15, 0.2) is 5.78 Å². The monoisotopic (exact) mass is 442 g/mol. The summed E-state index contributed by atoms with van der Waals surface area (Å²) >= 11 is 6.09. The second-order valence-electron chi connectivity index (χ2n) is 8.65. The number of piperazine rings is 2. The first-order valence-corrected chi connectivity index (χ1v) is 10.9. The Morgan fingerprint density at radius 1 is 1.16 bits per heavy atom. The standard InChI is InChI=1S/C24H28ClFN4O/c1-16-9-21(23(27)10-22(16)25)24(31)7-8-29-14-19-12-28(2)13-20(15-29)30(19)11-17-3-5-18(26)6-4-17/h3-10,19-20H,11-15,27H2,1-2H3/b8-7+. The van der Waals surface area contributed by atoms with Gasteiger partial charge in [0.2, 0.25) is 0 Å². The average molecular weight is 443 g/mol. The van der Waals surface area contributed by atoms with Gasteiger partial charge in [0.25, 0.3) is 0 Å². The number of likely N-dealkylation sites (N-methyl/N-ethyl adjacent to an activating group) is 1. The molecule has 0 spiro atoms. The molecule has 2 saturated heterocycles. The second-order valence-corrected chi connectivity index (χ2v) is 9.06. The lowest BCUT2D eigenvalue weighted by Gasteiger charge is -2.52. The van der Waals surface area contributed by atoms with Crippen molar-refractivity contribution in [3.63, 3.8) is 0 Å². The van der Waals surface area contributed by atoms with Crippen molar-refractivity contribution in [3.05, 3.63) is 76.2 Å². The zero-order valence-corrected chi connectivity index (χ0v) is 18.6. The highest BCUT2D eigenvalue weighted by atomic mass is 35.5. The number of hydrogen-bond donors (Lipinski definition) is 1. The lowest BCUT2D eigenvalue weighted by Crippen LogP contribution is -2.66. The molecule has 2 fully saturated rings. The molecule has 0 aliphatic carbocycles. The normalized spacial score (nSPS) is 22.3. The molecule has 0 saturated carbocycles. The van der Waals surface area contributed by atoms with Gasteiger partial charge >= 0.3 is 0 Å². The summed E-state index contributed by atoms with van der Waals surface area (Å²) in [6.45, 7) is 6.25. The van der Waals surface area contributed by atoms with Crippen molar-refractivity contribution < 1.29 is 9.18 Å². The Labute approximate surface area is 187 Å². The third-order valence-corrected chi connectivity index (χ3v) is 6.59. The summed E-state index contributed by atoms with van der Waals surface area (Å²) in [6.07, 6.45) is 3.50. The number of nitrogens with zero attached hydrogens (tertiary/aromatic N) is 3. The zero-order valence-electron chi connectivity index (χ0n) is 17.9. The van der Waals surface area contributed by atoms with E-state index in [9.17, 15) is 9.18 Å². The van der Waals surface area contributed by atoms with Crippen molar-refractivity contribution in [1.29, 1.82) is 0 Å². The molecule has 7 heteroatoms. The number of nitrogen functional groups attached to an aromatic ring is 1. The number of anilines is 1. The molecular formula is C24H28ClFN4O. The van der Waals surface area contributed by atoms with E-state index in [1.54, 1.807) is 18.2 Å². The lowest BCUT2D eigenvalue weighted by atomic mass is 9.99. The predicted molar refractivity (Wildman–Crippen MR) is 123 cm³/mol. The third kappa shape index (κ3) is 4.92. The highest BCUT2D eigenvalue weighted by Gasteiger charge is 2.38. The van der Waals surface area contributed by atoms with Gasteiger partial charge in [-0.2, -0.15) is 0 Å². The van der Waals surface area contributed by atoms with Crippen molar-refractivity contribution in [2.24, 2.45) is 0 Å². The molecular weight excluding hydrogens is 415 g/mol. The van der Waals surface area contributed by atoms with Gasteiger partial charge in [0.05, 0.1) is 0 Å². The fourth-order valence-corrected chi connectivity index (χ4v) is 4.77. The van der Waals surface area contributed by atoms with Gasteiger partial charge in [-0.05, 0) is 49.4 Å². The van der Waals surface area contributed by atoms with Crippen LogP contribution in [0.4, 0.5) is 10.1 Å². The maximum atomic E-state index is 13.3. The van der Waals surface area contributed by atoms with Crippen molar-refractivity contribution in [2.75, 3.05) is 39.0 Å². The van der Waals surface area contributed by atoms with E-state index < -0.39 is 0 Å². The summed E-state index contributed by atoms with van der Waals surface area (Å²) in [6, 6.07) is 10.8. The number of carbonyl (C=O) groups is 1. The summed E-state index contributed by atoms with van der Waals surface area (Å²) < 4.78 is 13.3. The van der Waals surface area contributed by atoms with Gasteiger partial charge in [-0.3, -0.25) is 9.69 Å². The number of carbonyl (C=O) groups excluding carboxylic acids is 1. The van der Waals surface area contributed by atoms with Gasteiger partial charge in [-0.1, -0.05) is 23.7 Å². The van der Waals surface area contributed by atoms with Crippen LogP contribution in [0, 0.1) is 12.7 Å². The van der Waals surface area contributed by atoms with E-state index in [2.05, 4.69) is 21.7 Å². The Hall–Kier alpha value is -2.41. The minimum Gasteiger partial charge on any atom is -0.398 e. The van der Waals surface area contributed by atoms with Crippen LogP contribution in [-0.2, 0) is 6.54 Å². The van der Waals surface area contributed by atoms with E-state index in [0.29, 0.717) is 28.4 Å².